The van der Waals surface area contributed by atoms with Gasteiger partial charge < -0.3 is 0 Å². The van der Waals surface area contributed by atoms with Crippen molar-refractivity contribution in [2.45, 2.75) is 39.2 Å². The Labute approximate surface area is 65.7 Å². The molecule has 1 unspecified atom stereocenters. The summed E-state index contributed by atoms with van der Waals surface area (Å²) in [5.74, 6) is 0.0960. The van der Waals surface area contributed by atoms with Crippen molar-refractivity contribution >= 4 is 5.78 Å². The van der Waals surface area contributed by atoms with Crippen LogP contribution in [0.3, 0.4) is 0 Å². The largest absolute Gasteiger partial charge is 0.300 e. The Balaban J connectivity index is 3.54. The first kappa shape index (κ1) is 10.1. The van der Waals surface area contributed by atoms with Crippen LogP contribution in [0, 0.1) is 10.1 Å². The maximum atomic E-state index is 10.7. The van der Waals surface area contributed by atoms with Crippen molar-refractivity contribution in [2.24, 2.45) is 0 Å². The van der Waals surface area contributed by atoms with Crippen LogP contribution in [-0.4, -0.2) is 16.7 Å². The molecule has 0 saturated carbocycles. The number of nitrogens with zero attached hydrogens (tertiary/aromatic N) is 1. The fourth-order valence-electron chi connectivity index (χ4n) is 0.652. The highest BCUT2D eigenvalue weighted by Crippen LogP contribution is 2.01. The number of ketones is 1. The Bertz CT molecular complexity index is 156. The molecule has 11 heavy (non-hydrogen) atoms. The molecule has 4 heteroatoms. The minimum absolute atomic E-state index is 0.0960. The van der Waals surface area contributed by atoms with Crippen LogP contribution < -0.4 is 0 Å². The predicted octanol–water partition coefficient (Wildman–Crippen LogP) is 1.41. The lowest BCUT2D eigenvalue weighted by Gasteiger charge is -2.00. The molecule has 0 aromatic heterocycles. The second-order valence-electron chi connectivity index (χ2n) is 2.57. The molecule has 0 bridgehead atoms. The van der Waals surface area contributed by atoms with Gasteiger partial charge in [-0.1, -0.05) is 6.92 Å². The maximum absolute atomic E-state index is 10.7. The van der Waals surface area contributed by atoms with Crippen LogP contribution in [0.4, 0.5) is 0 Å². The van der Waals surface area contributed by atoms with Crippen LogP contribution in [0.5, 0.6) is 0 Å². The van der Waals surface area contributed by atoms with E-state index < -0.39 is 6.04 Å². The number of nitro groups is 1. The first-order valence-corrected chi connectivity index (χ1v) is 3.73. The molecule has 0 aromatic rings. The number of rotatable bonds is 5. The zero-order valence-electron chi connectivity index (χ0n) is 6.87. The highest BCUT2D eigenvalue weighted by atomic mass is 16.6. The van der Waals surface area contributed by atoms with Gasteiger partial charge in [-0.3, -0.25) is 14.9 Å². The molecule has 0 fully saturated rings. The van der Waals surface area contributed by atoms with Gasteiger partial charge in [0.25, 0.3) is 0 Å². The van der Waals surface area contributed by atoms with Crippen molar-refractivity contribution in [1.82, 2.24) is 0 Å². The SMILES string of the molecule is CCC(=O)CCC(C)[N+](=O)[O-]. The zero-order valence-corrected chi connectivity index (χ0v) is 6.87. The van der Waals surface area contributed by atoms with E-state index in [-0.39, 0.29) is 10.7 Å². The van der Waals surface area contributed by atoms with Gasteiger partial charge in [0.1, 0.15) is 5.78 Å². The van der Waals surface area contributed by atoms with E-state index in [9.17, 15) is 14.9 Å². The standard InChI is InChI=1S/C7H13NO3/c1-3-7(9)5-4-6(2)8(10)11/h6H,3-5H2,1-2H3. The first-order valence-electron chi connectivity index (χ1n) is 3.73. The Morgan fingerprint density at radius 2 is 2.18 bits per heavy atom. The lowest BCUT2D eigenvalue weighted by Crippen LogP contribution is -2.16. The molecule has 0 aliphatic rings. The van der Waals surface area contributed by atoms with Gasteiger partial charge in [0.15, 0.2) is 0 Å². The minimum atomic E-state index is -0.592. The third-order valence-corrected chi connectivity index (χ3v) is 1.60. The van der Waals surface area contributed by atoms with Gasteiger partial charge in [-0.2, -0.15) is 0 Å². The predicted molar refractivity (Wildman–Crippen MR) is 41.0 cm³/mol. The normalized spacial score (nSPS) is 12.5. The summed E-state index contributed by atoms with van der Waals surface area (Å²) >= 11 is 0. The van der Waals surface area contributed by atoms with Crippen LogP contribution in [0.15, 0.2) is 0 Å². The van der Waals surface area contributed by atoms with E-state index in [0.29, 0.717) is 19.3 Å². The van der Waals surface area contributed by atoms with Gasteiger partial charge in [-0.25, -0.2) is 0 Å². The highest BCUT2D eigenvalue weighted by Gasteiger charge is 2.13. The van der Waals surface area contributed by atoms with Gasteiger partial charge in [-0.15, -0.1) is 0 Å². The van der Waals surface area contributed by atoms with Crippen molar-refractivity contribution in [3.05, 3.63) is 10.1 Å². The number of carbonyl (C=O) groups excluding carboxylic acids is 1. The van der Waals surface area contributed by atoms with Crippen molar-refractivity contribution in [3.63, 3.8) is 0 Å². The summed E-state index contributed by atoms with van der Waals surface area (Å²) in [6.07, 6.45) is 1.17. The first-order chi connectivity index (χ1) is 5.07. The third kappa shape index (κ3) is 4.47. The minimum Gasteiger partial charge on any atom is -0.300 e. The van der Waals surface area contributed by atoms with Crippen LogP contribution in [-0.2, 0) is 4.79 Å². The topological polar surface area (TPSA) is 60.2 Å². The third-order valence-electron chi connectivity index (χ3n) is 1.60. The van der Waals surface area contributed by atoms with Crippen LogP contribution in [0.2, 0.25) is 0 Å². The summed E-state index contributed by atoms with van der Waals surface area (Å²) < 4.78 is 0. The molecular weight excluding hydrogens is 146 g/mol. The number of hydrogen-bond acceptors (Lipinski definition) is 3. The van der Waals surface area contributed by atoms with Crippen LogP contribution in [0.1, 0.15) is 33.1 Å². The monoisotopic (exact) mass is 159 g/mol. The molecular formula is C7H13NO3. The molecule has 0 aliphatic carbocycles. The molecule has 0 saturated heterocycles. The van der Waals surface area contributed by atoms with Gasteiger partial charge in [0, 0.05) is 31.1 Å². The van der Waals surface area contributed by atoms with Crippen LogP contribution in [0.25, 0.3) is 0 Å². The Hall–Kier alpha value is -0.930. The second-order valence-corrected chi connectivity index (χ2v) is 2.57. The van der Waals surface area contributed by atoms with Gasteiger partial charge in [0.2, 0.25) is 6.04 Å². The Morgan fingerprint density at radius 1 is 1.64 bits per heavy atom. The van der Waals surface area contributed by atoms with Crippen molar-refractivity contribution in [3.8, 4) is 0 Å². The summed E-state index contributed by atoms with van der Waals surface area (Å²) in [7, 11) is 0. The molecule has 0 radical (unpaired) electrons. The quantitative estimate of drug-likeness (QED) is 0.450. The van der Waals surface area contributed by atoms with Crippen molar-refractivity contribution in [2.75, 3.05) is 0 Å². The lowest BCUT2D eigenvalue weighted by molar-refractivity contribution is -0.518. The Kier molecular flexibility index (Phi) is 4.41. The summed E-state index contributed by atoms with van der Waals surface area (Å²) in [6.45, 7) is 3.28. The second kappa shape index (κ2) is 4.82. The molecule has 0 heterocycles. The maximum Gasteiger partial charge on any atom is 0.210 e. The summed E-state index contributed by atoms with van der Waals surface area (Å²) in [5.41, 5.74) is 0. The van der Waals surface area contributed by atoms with Crippen molar-refractivity contribution in [1.29, 1.82) is 0 Å². The van der Waals surface area contributed by atoms with E-state index in [0.717, 1.165) is 0 Å². The van der Waals surface area contributed by atoms with E-state index in [1.165, 1.54) is 6.92 Å². The molecule has 0 spiro atoms. The van der Waals surface area contributed by atoms with E-state index in [1.54, 1.807) is 6.92 Å². The molecule has 0 aliphatic heterocycles. The lowest BCUT2D eigenvalue weighted by atomic mass is 10.1. The fraction of sp³-hybridized carbons (Fsp3) is 0.857. The highest BCUT2D eigenvalue weighted by molar-refractivity contribution is 5.77. The van der Waals surface area contributed by atoms with E-state index in [1.807, 2.05) is 0 Å². The average molecular weight is 159 g/mol. The van der Waals surface area contributed by atoms with E-state index >= 15 is 0 Å². The summed E-state index contributed by atoms with van der Waals surface area (Å²) in [5, 5.41) is 10.1. The van der Waals surface area contributed by atoms with Gasteiger partial charge in [0.05, 0.1) is 0 Å². The van der Waals surface area contributed by atoms with Gasteiger partial charge in [-0.05, 0) is 0 Å². The summed E-state index contributed by atoms with van der Waals surface area (Å²) in [4.78, 5) is 20.5. The molecule has 0 N–H and O–H groups in total. The molecule has 4 nitrogen and oxygen atoms in total. The van der Waals surface area contributed by atoms with Crippen LogP contribution >= 0.6 is 0 Å². The van der Waals surface area contributed by atoms with E-state index in [4.69, 9.17) is 0 Å². The fourth-order valence-corrected chi connectivity index (χ4v) is 0.652. The Morgan fingerprint density at radius 3 is 2.55 bits per heavy atom. The molecule has 0 rings (SSSR count). The molecule has 0 amide bonds. The average Bonchev–Trinajstić information content (AvgIpc) is 1.99. The molecule has 0 aromatic carbocycles. The van der Waals surface area contributed by atoms with E-state index in [2.05, 4.69) is 0 Å². The zero-order chi connectivity index (χ0) is 8.85. The van der Waals surface area contributed by atoms with Gasteiger partial charge >= 0.3 is 0 Å². The number of Topliss-reactive ketones (excluding diaryl/α,β-unsaturated/α-hetero) is 1. The number of carbonyl (C=O) groups is 1. The summed E-state index contributed by atoms with van der Waals surface area (Å²) in [6, 6.07) is -0.592. The smallest absolute Gasteiger partial charge is 0.210 e. The number of hydrogen-bond donors (Lipinski definition) is 0. The molecule has 64 valence electrons. The van der Waals surface area contributed by atoms with Crippen molar-refractivity contribution < 1.29 is 9.72 Å². The molecule has 1 atom stereocenters.